The first-order valence-electron chi connectivity index (χ1n) is 8.68. The van der Waals surface area contributed by atoms with Gasteiger partial charge in [0.2, 0.25) is 0 Å². The van der Waals surface area contributed by atoms with Crippen LogP contribution >= 0.6 is 0 Å². The molecule has 0 fully saturated rings. The maximum Gasteiger partial charge on any atom is 0.411 e. The number of rotatable bonds is 4. The molecule has 0 saturated heterocycles. The Bertz CT molecular complexity index is 957. The second-order valence-corrected chi connectivity index (χ2v) is 6.42. The molecule has 0 heterocycles. The molecule has 0 saturated carbocycles. The smallest absolute Gasteiger partial charge is 0.411 e. The van der Waals surface area contributed by atoms with E-state index in [4.69, 9.17) is 9.84 Å². The van der Waals surface area contributed by atoms with Gasteiger partial charge in [-0.3, -0.25) is 5.32 Å². The van der Waals surface area contributed by atoms with Crippen LogP contribution in [0.4, 0.5) is 14.9 Å². The van der Waals surface area contributed by atoms with Gasteiger partial charge in [-0.1, -0.05) is 54.6 Å². The van der Waals surface area contributed by atoms with Crippen LogP contribution in [0.15, 0.2) is 66.7 Å². The molecule has 0 unspecified atom stereocenters. The van der Waals surface area contributed by atoms with E-state index in [1.165, 1.54) is 18.2 Å². The number of halogens is 1. The van der Waals surface area contributed by atoms with Crippen LogP contribution in [0.2, 0.25) is 0 Å². The van der Waals surface area contributed by atoms with Gasteiger partial charge in [0.1, 0.15) is 12.4 Å². The van der Waals surface area contributed by atoms with Gasteiger partial charge in [0.15, 0.2) is 0 Å². The van der Waals surface area contributed by atoms with Gasteiger partial charge in [-0.25, -0.2) is 9.18 Å². The lowest BCUT2D eigenvalue weighted by Crippen LogP contribution is -2.18. The predicted octanol–water partition coefficient (Wildman–Crippen LogP) is 4.68. The summed E-state index contributed by atoms with van der Waals surface area (Å²) in [6.45, 7) is -0.0825. The van der Waals surface area contributed by atoms with Crippen LogP contribution in [0.5, 0.6) is 0 Å². The molecule has 0 bridgehead atoms. The molecule has 3 aromatic rings. The van der Waals surface area contributed by atoms with Crippen LogP contribution in [0.1, 0.15) is 22.6 Å². The fraction of sp³-hybridized carbons (Fsp3) is 0.136. The largest absolute Gasteiger partial charge is 0.448 e. The molecule has 2 N–H and O–H groups in total. The van der Waals surface area contributed by atoms with E-state index in [1.54, 1.807) is 0 Å². The van der Waals surface area contributed by atoms with Crippen LogP contribution in [0.25, 0.3) is 11.1 Å². The number of carbonyl (C=O) groups is 1. The van der Waals surface area contributed by atoms with Gasteiger partial charge in [0, 0.05) is 5.92 Å². The Morgan fingerprint density at radius 1 is 1.00 bits per heavy atom. The standard InChI is InChI=1S/C22H18FNO3/c23-20-10-9-14(12-25)11-21(20)24-22(26)27-13-19-17-7-3-1-5-15(17)16-6-2-4-8-18(16)19/h1-11,19,25H,12-13H2,(H,24,26). The van der Waals surface area contributed by atoms with Crippen molar-refractivity contribution in [3.05, 3.63) is 89.2 Å². The van der Waals surface area contributed by atoms with E-state index in [1.807, 2.05) is 36.4 Å². The Morgan fingerprint density at radius 2 is 1.63 bits per heavy atom. The second kappa shape index (κ2) is 7.21. The topological polar surface area (TPSA) is 58.6 Å². The monoisotopic (exact) mass is 363 g/mol. The van der Waals surface area contributed by atoms with Crippen molar-refractivity contribution < 1.29 is 19.0 Å². The lowest BCUT2D eigenvalue weighted by molar-refractivity contribution is 0.158. The molecule has 1 aliphatic rings. The summed E-state index contributed by atoms with van der Waals surface area (Å²) in [4.78, 5) is 12.2. The highest BCUT2D eigenvalue weighted by Crippen LogP contribution is 2.44. The number of benzene rings is 3. The minimum atomic E-state index is -0.731. The predicted molar refractivity (Wildman–Crippen MR) is 101 cm³/mol. The highest BCUT2D eigenvalue weighted by molar-refractivity contribution is 5.85. The summed E-state index contributed by atoms with van der Waals surface area (Å²) >= 11 is 0. The highest BCUT2D eigenvalue weighted by Gasteiger charge is 2.29. The van der Waals surface area contributed by atoms with E-state index in [0.717, 1.165) is 22.3 Å². The molecule has 0 radical (unpaired) electrons. The molecule has 5 heteroatoms. The van der Waals surface area contributed by atoms with Gasteiger partial charge in [-0.15, -0.1) is 0 Å². The lowest BCUT2D eigenvalue weighted by Gasteiger charge is -2.15. The minimum Gasteiger partial charge on any atom is -0.448 e. The lowest BCUT2D eigenvalue weighted by atomic mass is 9.98. The van der Waals surface area contributed by atoms with E-state index in [9.17, 15) is 9.18 Å². The van der Waals surface area contributed by atoms with Crippen molar-refractivity contribution in [2.75, 3.05) is 11.9 Å². The van der Waals surface area contributed by atoms with Crippen molar-refractivity contribution in [1.82, 2.24) is 0 Å². The molecule has 27 heavy (non-hydrogen) atoms. The fourth-order valence-electron chi connectivity index (χ4n) is 3.51. The molecule has 1 amide bonds. The normalized spacial score (nSPS) is 12.4. The number of amides is 1. The van der Waals surface area contributed by atoms with Crippen LogP contribution in [-0.2, 0) is 11.3 Å². The van der Waals surface area contributed by atoms with Gasteiger partial charge < -0.3 is 9.84 Å². The zero-order valence-corrected chi connectivity index (χ0v) is 14.5. The third-order valence-corrected chi connectivity index (χ3v) is 4.79. The number of nitrogens with one attached hydrogen (secondary N) is 1. The number of aliphatic hydroxyl groups excluding tert-OH is 1. The quantitative estimate of drug-likeness (QED) is 0.708. The average molecular weight is 363 g/mol. The summed E-state index contributed by atoms with van der Waals surface area (Å²) in [5.41, 5.74) is 5.00. The van der Waals surface area contributed by atoms with Gasteiger partial charge in [0.05, 0.1) is 12.3 Å². The number of ether oxygens (including phenoxy) is 1. The van der Waals surface area contributed by atoms with Gasteiger partial charge in [-0.05, 0) is 39.9 Å². The maximum atomic E-state index is 13.8. The Balaban J connectivity index is 1.50. The second-order valence-electron chi connectivity index (χ2n) is 6.42. The molecule has 0 aromatic heterocycles. The Labute approximate surface area is 156 Å². The molecule has 0 spiro atoms. The number of anilines is 1. The van der Waals surface area contributed by atoms with E-state index >= 15 is 0 Å². The van der Waals surface area contributed by atoms with Crippen molar-refractivity contribution >= 4 is 11.8 Å². The first kappa shape index (κ1) is 17.2. The maximum absolute atomic E-state index is 13.8. The zero-order valence-electron chi connectivity index (χ0n) is 14.5. The highest BCUT2D eigenvalue weighted by atomic mass is 19.1. The molecule has 0 atom stereocenters. The number of fused-ring (bicyclic) bond motifs is 3. The fourth-order valence-corrected chi connectivity index (χ4v) is 3.51. The molecular formula is C22H18FNO3. The summed E-state index contributed by atoms with van der Waals surface area (Å²) < 4.78 is 19.2. The molecular weight excluding hydrogens is 345 g/mol. The third kappa shape index (κ3) is 3.29. The number of hydrogen-bond acceptors (Lipinski definition) is 3. The average Bonchev–Trinajstić information content (AvgIpc) is 3.02. The van der Waals surface area contributed by atoms with Gasteiger partial charge >= 0.3 is 6.09 Å². The molecule has 3 aromatic carbocycles. The summed E-state index contributed by atoms with van der Waals surface area (Å²) in [6, 6.07) is 20.1. The Kier molecular flexibility index (Phi) is 4.60. The van der Waals surface area contributed by atoms with E-state index < -0.39 is 11.9 Å². The van der Waals surface area contributed by atoms with E-state index in [2.05, 4.69) is 17.4 Å². The number of aliphatic hydroxyl groups is 1. The summed E-state index contributed by atoms with van der Waals surface area (Å²) in [7, 11) is 0. The number of carbonyl (C=O) groups excluding carboxylic acids is 1. The molecule has 0 aliphatic heterocycles. The molecule has 4 rings (SSSR count). The zero-order chi connectivity index (χ0) is 18.8. The first-order chi connectivity index (χ1) is 13.2. The van der Waals surface area contributed by atoms with Crippen molar-refractivity contribution in [3.8, 4) is 11.1 Å². The van der Waals surface area contributed by atoms with Crippen molar-refractivity contribution in [3.63, 3.8) is 0 Å². The Morgan fingerprint density at radius 3 is 2.26 bits per heavy atom. The Hall–Kier alpha value is -3.18. The molecule has 4 nitrogen and oxygen atoms in total. The van der Waals surface area contributed by atoms with Crippen molar-refractivity contribution in [1.29, 1.82) is 0 Å². The minimum absolute atomic E-state index is 0.0150. The van der Waals surface area contributed by atoms with Crippen LogP contribution in [0.3, 0.4) is 0 Å². The first-order valence-corrected chi connectivity index (χ1v) is 8.68. The van der Waals surface area contributed by atoms with E-state index in [-0.39, 0.29) is 24.8 Å². The third-order valence-electron chi connectivity index (χ3n) is 4.79. The molecule has 136 valence electrons. The van der Waals surface area contributed by atoms with Crippen LogP contribution in [-0.4, -0.2) is 17.8 Å². The SMILES string of the molecule is O=C(Nc1cc(CO)ccc1F)OCC1c2ccccc2-c2ccccc21. The van der Waals surface area contributed by atoms with Crippen molar-refractivity contribution in [2.45, 2.75) is 12.5 Å². The van der Waals surface area contributed by atoms with Gasteiger partial charge in [0.25, 0.3) is 0 Å². The van der Waals surface area contributed by atoms with Crippen molar-refractivity contribution in [2.24, 2.45) is 0 Å². The summed E-state index contributed by atoms with van der Waals surface area (Å²) in [5, 5.41) is 11.6. The van der Waals surface area contributed by atoms with Crippen LogP contribution < -0.4 is 5.32 Å². The van der Waals surface area contributed by atoms with Crippen LogP contribution in [0, 0.1) is 5.82 Å². The summed E-state index contributed by atoms with van der Waals surface area (Å²) in [5.74, 6) is -0.641. The van der Waals surface area contributed by atoms with Gasteiger partial charge in [-0.2, -0.15) is 0 Å². The number of hydrogen-bond donors (Lipinski definition) is 2. The summed E-state index contributed by atoms with van der Waals surface area (Å²) in [6.07, 6.45) is -0.731. The van der Waals surface area contributed by atoms with E-state index in [0.29, 0.717) is 5.56 Å². The molecule has 1 aliphatic carbocycles.